The van der Waals surface area contributed by atoms with Gasteiger partial charge < -0.3 is 4.74 Å². The molecule has 0 aliphatic carbocycles. The van der Waals surface area contributed by atoms with Crippen LogP contribution in [0.5, 0.6) is 5.75 Å². The minimum atomic E-state index is -4.09. The van der Waals surface area contributed by atoms with E-state index in [4.69, 9.17) is 4.74 Å². The van der Waals surface area contributed by atoms with E-state index in [0.717, 1.165) is 9.87 Å². The highest BCUT2D eigenvalue weighted by atomic mass is 32.2. The van der Waals surface area contributed by atoms with E-state index in [-0.39, 0.29) is 10.6 Å². The van der Waals surface area contributed by atoms with Crippen molar-refractivity contribution in [1.82, 2.24) is 0 Å². The minimum Gasteiger partial charge on any atom is -0.494 e. The lowest BCUT2D eigenvalue weighted by molar-refractivity contribution is -0.113. The number of carbonyl (C=O) groups is 1. The molecule has 0 N–H and O–H groups in total. The highest BCUT2D eigenvalue weighted by Gasteiger charge is 2.29. The number of ether oxygens (including phenoxy) is 1. The average Bonchev–Trinajstić information content (AvgIpc) is 2.75. The maximum Gasteiger partial charge on any atom is 0.271 e. The van der Waals surface area contributed by atoms with Gasteiger partial charge in [0.05, 0.1) is 17.2 Å². The zero-order valence-electron chi connectivity index (χ0n) is 15.9. The quantitative estimate of drug-likeness (QED) is 0.540. The maximum absolute atomic E-state index is 13.2. The molecule has 0 aromatic heterocycles. The van der Waals surface area contributed by atoms with E-state index in [1.807, 2.05) is 37.3 Å². The van der Waals surface area contributed by atoms with Crippen LogP contribution in [0.4, 0.5) is 5.69 Å². The molecule has 0 bridgehead atoms. The smallest absolute Gasteiger partial charge is 0.271 e. The van der Waals surface area contributed by atoms with Gasteiger partial charge in [-0.2, -0.15) is 4.31 Å². The first-order chi connectivity index (χ1) is 14.0. The molecule has 0 fully saturated rings. The number of hydrogen-bond donors (Lipinski definition) is 0. The lowest BCUT2D eigenvalue weighted by atomic mass is 10.2. The molecule has 0 heterocycles. The topological polar surface area (TPSA) is 63.7 Å². The van der Waals surface area contributed by atoms with Crippen LogP contribution in [0.3, 0.4) is 0 Å². The second kappa shape index (κ2) is 9.21. The lowest BCUT2D eigenvalue weighted by Crippen LogP contribution is -2.35. The number of sulfonamides is 1. The van der Waals surface area contributed by atoms with E-state index < -0.39 is 15.9 Å². The van der Waals surface area contributed by atoms with E-state index in [2.05, 4.69) is 0 Å². The van der Waals surface area contributed by atoms with Gasteiger partial charge in [-0.15, -0.1) is 0 Å². The molecule has 1 amide bonds. The van der Waals surface area contributed by atoms with Crippen LogP contribution < -0.4 is 9.04 Å². The monoisotopic (exact) mass is 407 g/mol. The van der Waals surface area contributed by atoms with Crippen molar-refractivity contribution in [2.45, 2.75) is 11.8 Å². The number of amides is 1. The van der Waals surface area contributed by atoms with Gasteiger partial charge in [-0.1, -0.05) is 48.5 Å². The third-order valence-corrected chi connectivity index (χ3v) is 5.82. The van der Waals surface area contributed by atoms with Crippen LogP contribution in [0.15, 0.2) is 95.9 Å². The number of carbonyl (C=O) groups excluding carboxylic acids is 1. The first-order valence-corrected chi connectivity index (χ1v) is 10.6. The number of benzene rings is 3. The van der Waals surface area contributed by atoms with Gasteiger partial charge in [0.2, 0.25) is 0 Å². The second-order valence-electron chi connectivity index (χ2n) is 6.09. The Hall–Kier alpha value is -3.38. The summed E-state index contributed by atoms with van der Waals surface area (Å²) in [4.78, 5) is 13.0. The molecule has 5 nitrogen and oxygen atoms in total. The fraction of sp³-hybridized carbons (Fsp3) is 0.0870. The summed E-state index contributed by atoms with van der Waals surface area (Å²) in [6.07, 6.45) is 2.84. The Labute approximate surface area is 170 Å². The van der Waals surface area contributed by atoms with Crippen molar-refractivity contribution in [2.75, 3.05) is 10.9 Å². The average molecular weight is 407 g/mol. The second-order valence-corrected chi connectivity index (χ2v) is 7.88. The molecule has 0 aliphatic heterocycles. The Morgan fingerprint density at radius 2 is 1.48 bits per heavy atom. The Kier molecular flexibility index (Phi) is 6.46. The zero-order valence-corrected chi connectivity index (χ0v) is 16.7. The molecule has 3 aromatic rings. The van der Waals surface area contributed by atoms with Gasteiger partial charge in [-0.3, -0.25) is 4.79 Å². The summed E-state index contributed by atoms with van der Waals surface area (Å²) < 4.78 is 32.7. The van der Waals surface area contributed by atoms with Gasteiger partial charge in [0.1, 0.15) is 5.75 Å². The Bertz CT molecular complexity index is 1080. The zero-order chi connectivity index (χ0) is 20.7. The molecule has 6 heteroatoms. The SMILES string of the molecule is CCOc1ccc(N(C(=O)/C=C/c2ccccc2)S(=O)(=O)c2ccccc2)cc1. The standard InChI is InChI=1S/C23H21NO4S/c1-2-28-21-16-14-20(15-17-21)24(29(26,27)22-11-7-4-8-12-22)23(25)18-13-19-9-5-3-6-10-19/h3-18H,2H2,1H3/b18-13+. The number of rotatable bonds is 7. The molecule has 3 rings (SSSR count). The minimum absolute atomic E-state index is 0.0374. The predicted octanol–water partition coefficient (Wildman–Crippen LogP) is 4.52. The molecule has 0 atom stereocenters. The van der Waals surface area contributed by atoms with Crippen LogP contribution in [0, 0.1) is 0 Å². The molecule has 29 heavy (non-hydrogen) atoms. The number of hydrogen-bond acceptors (Lipinski definition) is 4. The maximum atomic E-state index is 13.2. The molecule has 3 aromatic carbocycles. The van der Waals surface area contributed by atoms with Crippen molar-refractivity contribution >= 4 is 27.7 Å². The van der Waals surface area contributed by atoms with Crippen LogP contribution in [-0.2, 0) is 14.8 Å². The molecular formula is C23H21NO4S. The fourth-order valence-electron chi connectivity index (χ4n) is 2.73. The summed E-state index contributed by atoms with van der Waals surface area (Å²) in [7, 11) is -4.09. The predicted molar refractivity (Wildman–Crippen MR) is 114 cm³/mol. The van der Waals surface area contributed by atoms with Crippen molar-refractivity contribution in [2.24, 2.45) is 0 Å². The van der Waals surface area contributed by atoms with Crippen LogP contribution >= 0.6 is 0 Å². The van der Waals surface area contributed by atoms with E-state index in [9.17, 15) is 13.2 Å². The summed E-state index contributed by atoms with van der Waals surface area (Å²) >= 11 is 0. The Morgan fingerprint density at radius 3 is 2.07 bits per heavy atom. The van der Waals surface area contributed by atoms with Gasteiger partial charge in [-0.25, -0.2) is 8.42 Å². The van der Waals surface area contributed by atoms with Crippen LogP contribution in [0.25, 0.3) is 6.08 Å². The molecule has 148 valence electrons. The molecule has 0 radical (unpaired) electrons. The van der Waals surface area contributed by atoms with Gasteiger partial charge in [-0.05, 0) is 55.0 Å². The van der Waals surface area contributed by atoms with E-state index in [0.29, 0.717) is 12.4 Å². The normalized spacial score (nSPS) is 11.3. The van der Waals surface area contributed by atoms with Gasteiger partial charge in [0.15, 0.2) is 0 Å². The molecule has 0 spiro atoms. The molecule has 0 aliphatic rings. The number of nitrogens with zero attached hydrogens (tertiary/aromatic N) is 1. The summed E-state index contributed by atoms with van der Waals surface area (Å²) in [5.41, 5.74) is 1.03. The highest BCUT2D eigenvalue weighted by molar-refractivity contribution is 7.93. The fourth-order valence-corrected chi connectivity index (χ4v) is 4.14. The van der Waals surface area contributed by atoms with Gasteiger partial charge in [0, 0.05) is 6.08 Å². The van der Waals surface area contributed by atoms with Crippen LogP contribution in [-0.4, -0.2) is 20.9 Å². The first-order valence-electron chi connectivity index (χ1n) is 9.12. The Morgan fingerprint density at radius 1 is 0.897 bits per heavy atom. The van der Waals surface area contributed by atoms with Gasteiger partial charge in [0.25, 0.3) is 15.9 Å². The lowest BCUT2D eigenvalue weighted by Gasteiger charge is -2.21. The number of anilines is 1. The van der Waals surface area contributed by atoms with Crippen molar-refractivity contribution in [3.8, 4) is 5.75 Å². The van der Waals surface area contributed by atoms with Crippen molar-refractivity contribution in [1.29, 1.82) is 0 Å². The third-order valence-electron chi connectivity index (χ3n) is 4.08. The largest absolute Gasteiger partial charge is 0.494 e. The Balaban J connectivity index is 2.01. The van der Waals surface area contributed by atoms with Gasteiger partial charge >= 0.3 is 0 Å². The van der Waals surface area contributed by atoms with E-state index in [1.165, 1.54) is 18.2 Å². The highest BCUT2D eigenvalue weighted by Crippen LogP contribution is 2.26. The third kappa shape index (κ3) is 4.92. The molecule has 0 saturated heterocycles. The summed E-state index contributed by atoms with van der Waals surface area (Å²) in [6.45, 7) is 2.35. The summed E-state index contributed by atoms with van der Waals surface area (Å²) in [5, 5.41) is 0. The van der Waals surface area contributed by atoms with E-state index >= 15 is 0 Å². The van der Waals surface area contributed by atoms with Crippen molar-refractivity contribution in [3.05, 3.63) is 96.6 Å². The van der Waals surface area contributed by atoms with Crippen molar-refractivity contribution in [3.63, 3.8) is 0 Å². The van der Waals surface area contributed by atoms with Crippen LogP contribution in [0.2, 0.25) is 0 Å². The summed E-state index contributed by atoms with van der Waals surface area (Å²) in [5.74, 6) is -0.0672. The molecule has 0 unspecified atom stereocenters. The molecule has 0 saturated carbocycles. The van der Waals surface area contributed by atoms with Crippen LogP contribution in [0.1, 0.15) is 12.5 Å². The van der Waals surface area contributed by atoms with E-state index in [1.54, 1.807) is 48.5 Å². The molecular weight excluding hydrogens is 386 g/mol. The first kappa shape index (κ1) is 20.4. The van der Waals surface area contributed by atoms with Crippen molar-refractivity contribution < 1.29 is 17.9 Å². The summed E-state index contributed by atoms with van der Waals surface area (Å²) in [6, 6.07) is 23.5.